The van der Waals surface area contributed by atoms with E-state index < -0.39 is 12.0 Å². The summed E-state index contributed by atoms with van der Waals surface area (Å²) in [6.45, 7) is 2.39. The number of rotatable bonds is 7. The maximum atomic E-state index is 13.4. The lowest BCUT2D eigenvalue weighted by Gasteiger charge is -2.55. The highest BCUT2D eigenvalue weighted by Gasteiger charge is 2.54. The Kier molecular flexibility index (Phi) is 6.61. The zero-order valence-electron chi connectivity index (χ0n) is 20.8. The molecule has 188 valence electrons. The van der Waals surface area contributed by atoms with Gasteiger partial charge in [0, 0.05) is 25.5 Å². The van der Waals surface area contributed by atoms with Gasteiger partial charge in [-0.05, 0) is 93.1 Å². The molecule has 5 aliphatic rings. The molecule has 4 aliphatic carbocycles. The fraction of sp³-hybridized carbons (Fsp3) is 0.593. The van der Waals surface area contributed by atoms with Crippen molar-refractivity contribution in [1.29, 1.82) is 0 Å². The Morgan fingerprint density at radius 3 is 2.26 bits per heavy atom. The van der Waals surface area contributed by atoms with Gasteiger partial charge in [0.1, 0.15) is 6.61 Å². The van der Waals surface area contributed by atoms with E-state index in [9.17, 15) is 9.59 Å². The first-order valence-corrected chi connectivity index (χ1v) is 13.0. The number of esters is 1. The number of methoxy groups -OCH3 is 1. The number of amides is 1. The number of thiocarbonyl (C=S) groups is 1. The standard InChI is InChI=1S/C27H35N3O4S/c1-16-22(24(31)34-9-8-33-3)23(29-26(35)30(16)2)20-4-6-21(7-5-20)28-25(32)27-13-17-10-18(14-27)12-19(11-17)15-27/h4-7,17-19,23H,8-15H2,1-3H3,(H,28,32)(H,29,35). The molecular weight excluding hydrogens is 462 g/mol. The van der Waals surface area contributed by atoms with Crippen molar-refractivity contribution in [2.75, 3.05) is 32.7 Å². The summed E-state index contributed by atoms with van der Waals surface area (Å²) in [6.07, 6.45) is 7.07. The highest BCUT2D eigenvalue weighted by Crippen LogP contribution is 2.60. The molecule has 8 heteroatoms. The highest BCUT2D eigenvalue weighted by molar-refractivity contribution is 7.80. The van der Waals surface area contributed by atoms with E-state index in [0.29, 0.717) is 17.3 Å². The summed E-state index contributed by atoms with van der Waals surface area (Å²) in [5.41, 5.74) is 2.75. The van der Waals surface area contributed by atoms with Gasteiger partial charge in [-0.2, -0.15) is 0 Å². The van der Waals surface area contributed by atoms with Crippen molar-refractivity contribution in [2.24, 2.45) is 23.2 Å². The Labute approximate surface area is 212 Å². The van der Waals surface area contributed by atoms with E-state index in [-0.39, 0.29) is 17.9 Å². The molecule has 0 saturated heterocycles. The van der Waals surface area contributed by atoms with Crippen molar-refractivity contribution in [3.63, 3.8) is 0 Å². The third kappa shape index (κ3) is 4.58. The second-order valence-electron chi connectivity index (χ2n) is 10.8. The van der Waals surface area contributed by atoms with Crippen LogP contribution in [0.4, 0.5) is 5.69 Å². The van der Waals surface area contributed by atoms with Crippen molar-refractivity contribution in [3.05, 3.63) is 41.1 Å². The molecule has 35 heavy (non-hydrogen) atoms. The molecule has 1 aliphatic heterocycles. The predicted octanol–water partition coefficient (Wildman–Crippen LogP) is 4.17. The van der Waals surface area contributed by atoms with Crippen LogP contribution in [-0.2, 0) is 19.1 Å². The zero-order chi connectivity index (χ0) is 24.7. The summed E-state index contributed by atoms with van der Waals surface area (Å²) in [5, 5.41) is 7.02. The lowest BCUT2D eigenvalue weighted by Crippen LogP contribution is -2.51. The number of benzene rings is 1. The van der Waals surface area contributed by atoms with Crippen LogP contribution in [0.1, 0.15) is 57.1 Å². The van der Waals surface area contributed by atoms with E-state index in [1.807, 2.05) is 38.2 Å². The molecule has 1 amide bonds. The minimum atomic E-state index is -0.429. The van der Waals surface area contributed by atoms with Crippen molar-refractivity contribution in [1.82, 2.24) is 10.2 Å². The molecule has 1 atom stereocenters. The van der Waals surface area contributed by atoms with E-state index in [1.54, 1.807) is 12.0 Å². The Morgan fingerprint density at radius 2 is 1.69 bits per heavy atom. The largest absolute Gasteiger partial charge is 0.460 e. The monoisotopic (exact) mass is 497 g/mol. The van der Waals surface area contributed by atoms with Crippen LogP contribution in [0, 0.1) is 23.2 Å². The minimum absolute atomic E-state index is 0.182. The number of hydrogen-bond acceptors (Lipinski definition) is 5. The van der Waals surface area contributed by atoms with Gasteiger partial charge in [-0.25, -0.2) is 4.79 Å². The van der Waals surface area contributed by atoms with Crippen LogP contribution in [0.5, 0.6) is 0 Å². The Bertz CT molecular complexity index is 1020. The average molecular weight is 498 g/mol. The number of nitrogens with one attached hydrogen (secondary N) is 2. The highest BCUT2D eigenvalue weighted by atomic mass is 32.1. The number of hydrogen-bond donors (Lipinski definition) is 2. The first-order chi connectivity index (χ1) is 16.8. The fourth-order valence-corrected chi connectivity index (χ4v) is 7.31. The van der Waals surface area contributed by atoms with Crippen molar-refractivity contribution < 1.29 is 19.1 Å². The van der Waals surface area contributed by atoms with Crippen LogP contribution < -0.4 is 10.6 Å². The molecule has 7 nitrogen and oxygen atoms in total. The van der Waals surface area contributed by atoms with Gasteiger partial charge in [-0.15, -0.1) is 0 Å². The normalized spacial score (nSPS) is 31.4. The minimum Gasteiger partial charge on any atom is -0.460 e. The fourth-order valence-electron chi connectivity index (χ4n) is 7.06. The molecular formula is C27H35N3O4S. The molecule has 1 unspecified atom stereocenters. The first-order valence-electron chi connectivity index (χ1n) is 12.6. The number of anilines is 1. The van der Waals surface area contributed by atoms with Crippen LogP contribution in [-0.4, -0.2) is 49.3 Å². The van der Waals surface area contributed by atoms with Gasteiger partial charge in [0.25, 0.3) is 0 Å². The van der Waals surface area contributed by atoms with Crippen LogP contribution >= 0.6 is 12.2 Å². The Hall–Kier alpha value is -2.45. The summed E-state index contributed by atoms with van der Waals surface area (Å²) < 4.78 is 10.4. The van der Waals surface area contributed by atoms with Crippen molar-refractivity contribution in [2.45, 2.75) is 51.5 Å². The summed E-state index contributed by atoms with van der Waals surface area (Å²) in [5.74, 6) is 1.97. The molecule has 0 aromatic heterocycles. The molecule has 1 aromatic rings. The summed E-state index contributed by atoms with van der Waals surface area (Å²) >= 11 is 5.49. The maximum absolute atomic E-state index is 13.4. The SMILES string of the molecule is COCCOC(=O)C1=C(C)N(C)C(=S)NC1c1ccc(NC(=O)C23CC4CC(CC(C4)C2)C3)cc1. The van der Waals surface area contributed by atoms with Crippen molar-refractivity contribution >= 4 is 34.9 Å². The number of carbonyl (C=O) groups is 2. The third-order valence-electron chi connectivity index (χ3n) is 8.52. The second kappa shape index (κ2) is 9.54. The zero-order valence-corrected chi connectivity index (χ0v) is 21.6. The molecule has 4 bridgehead atoms. The average Bonchev–Trinajstić information content (AvgIpc) is 2.82. The lowest BCUT2D eigenvalue weighted by atomic mass is 9.49. The number of allylic oxidation sites excluding steroid dienone is 1. The second-order valence-corrected chi connectivity index (χ2v) is 11.2. The number of ether oxygens (including phenoxy) is 2. The van der Waals surface area contributed by atoms with Crippen LogP contribution in [0.2, 0.25) is 0 Å². The molecule has 1 aromatic carbocycles. The van der Waals surface area contributed by atoms with Gasteiger partial charge in [0.15, 0.2) is 5.11 Å². The van der Waals surface area contributed by atoms with Gasteiger partial charge in [0.05, 0.1) is 23.6 Å². The summed E-state index contributed by atoms with van der Waals surface area (Å²) in [4.78, 5) is 28.1. The molecule has 4 fully saturated rings. The molecule has 2 N–H and O–H groups in total. The maximum Gasteiger partial charge on any atom is 0.338 e. The van der Waals surface area contributed by atoms with Gasteiger partial charge in [0.2, 0.25) is 5.91 Å². The predicted molar refractivity (Wildman–Crippen MR) is 137 cm³/mol. The van der Waals surface area contributed by atoms with Gasteiger partial charge >= 0.3 is 5.97 Å². The Balaban J connectivity index is 1.32. The topological polar surface area (TPSA) is 79.9 Å². The lowest BCUT2D eigenvalue weighted by molar-refractivity contribution is -0.141. The smallest absolute Gasteiger partial charge is 0.338 e. The molecule has 4 saturated carbocycles. The van der Waals surface area contributed by atoms with E-state index in [0.717, 1.165) is 54.0 Å². The number of carbonyl (C=O) groups excluding carboxylic acids is 2. The van der Waals surface area contributed by atoms with E-state index in [1.165, 1.54) is 19.3 Å². The van der Waals surface area contributed by atoms with E-state index in [4.69, 9.17) is 21.7 Å². The molecule has 1 heterocycles. The van der Waals surface area contributed by atoms with Crippen LogP contribution in [0.3, 0.4) is 0 Å². The van der Waals surface area contributed by atoms with Crippen LogP contribution in [0.15, 0.2) is 35.5 Å². The number of nitrogens with zero attached hydrogens (tertiary/aromatic N) is 1. The van der Waals surface area contributed by atoms with Crippen LogP contribution in [0.25, 0.3) is 0 Å². The van der Waals surface area contributed by atoms with Crippen molar-refractivity contribution in [3.8, 4) is 0 Å². The summed E-state index contributed by atoms with van der Waals surface area (Å²) in [6, 6.07) is 7.29. The first kappa shape index (κ1) is 24.3. The molecule has 0 spiro atoms. The quantitative estimate of drug-likeness (QED) is 0.333. The molecule has 0 radical (unpaired) electrons. The van der Waals surface area contributed by atoms with Gasteiger partial charge in [-0.1, -0.05) is 12.1 Å². The van der Waals surface area contributed by atoms with Gasteiger partial charge in [-0.3, -0.25) is 4.79 Å². The van der Waals surface area contributed by atoms with E-state index in [2.05, 4.69) is 10.6 Å². The van der Waals surface area contributed by atoms with E-state index >= 15 is 0 Å². The third-order valence-corrected chi connectivity index (χ3v) is 8.91. The van der Waals surface area contributed by atoms with Gasteiger partial charge < -0.3 is 25.0 Å². The summed E-state index contributed by atoms with van der Waals surface area (Å²) in [7, 11) is 3.39. The Morgan fingerprint density at radius 1 is 1.09 bits per heavy atom. The molecule has 6 rings (SSSR count).